The lowest BCUT2D eigenvalue weighted by Crippen LogP contribution is -2.00. The molecule has 0 bridgehead atoms. The predicted molar refractivity (Wildman–Crippen MR) is 221 cm³/mol. The van der Waals surface area contributed by atoms with E-state index in [1.54, 1.807) is 0 Å². The molecule has 0 spiro atoms. The summed E-state index contributed by atoms with van der Waals surface area (Å²) >= 11 is 0. The van der Waals surface area contributed by atoms with E-state index < -0.39 is 0 Å². The fourth-order valence-corrected chi connectivity index (χ4v) is 7.95. The van der Waals surface area contributed by atoms with E-state index in [1.807, 2.05) is 42.5 Å². The Labute approximate surface area is 310 Å². The van der Waals surface area contributed by atoms with Gasteiger partial charge in [-0.15, -0.1) is 0 Å². The Morgan fingerprint density at radius 2 is 0.963 bits per heavy atom. The highest BCUT2D eigenvalue weighted by Crippen LogP contribution is 2.40. The third kappa shape index (κ3) is 4.83. The minimum absolute atomic E-state index is 0.618. The van der Waals surface area contributed by atoms with Gasteiger partial charge in [0.25, 0.3) is 0 Å². The van der Waals surface area contributed by atoms with Crippen LogP contribution >= 0.6 is 0 Å². The molecule has 0 atom stereocenters. The molecule has 3 heterocycles. The van der Waals surface area contributed by atoms with E-state index in [-0.39, 0.29) is 0 Å². The van der Waals surface area contributed by atoms with Gasteiger partial charge in [0.1, 0.15) is 11.2 Å². The topological polar surface area (TPSA) is 56.7 Å². The van der Waals surface area contributed by atoms with Gasteiger partial charge in [-0.2, -0.15) is 0 Å². The Kier molecular flexibility index (Phi) is 6.79. The summed E-state index contributed by atoms with van der Waals surface area (Å²) in [6.07, 6.45) is 0. The molecule has 252 valence electrons. The van der Waals surface area contributed by atoms with Crippen molar-refractivity contribution in [2.45, 2.75) is 0 Å². The maximum atomic E-state index is 6.38. The van der Waals surface area contributed by atoms with Crippen LogP contribution in [0.15, 0.2) is 186 Å². The van der Waals surface area contributed by atoms with Crippen molar-refractivity contribution in [2.24, 2.45) is 0 Å². The fourth-order valence-electron chi connectivity index (χ4n) is 7.95. The van der Waals surface area contributed by atoms with E-state index >= 15 is 0 Å². The molecule has 0 aliphatic heterocycles. The van der Waals surface area contributed by atoms with E-state index in [1.165, 1.54) is 10.8 Å². The van der Waals surface area contributed by atoms with Crippen LogP contribution in [0, 0.1) is 0 Å². The van der Waals surface area contributed by atoms with Crippen LogP contribution in [0.3, 0.4) is 0 Å². The highest BCUT2D eigenvalue weighted by Gasteiger charge is 2.20. The fraction of sp³-hybridized carbons (Fsp3) is 0. The third-order valence-corrected chi connectivity index (χ3v) is 10.4. The summed E-state index contributed by atoms with van der Waals surface area (Å²) in [6, 6.07) is 63.2. The van der Waals surface area contributed by atoms with E-state index in [0.29, 0.717) is 17.5 Å². The Morgan fingerprint density at radius 3 is 1.76 bits per heavy atom. The number of hydrogen-bond donors (Lipinski definition) is 0. The summed E-state index contributed by atoms with van der Waals surface area (Å²) in [5, 5.41) is 6.84. The molecule has 11 rings (SSSR count). The summed E-state index contributed by atoms with van der Waals surface area (Å²) < 4.78 is 8.70. The number of furan rings is 1. The van der Waals surface area contributed by atoms with Gasteiger partial charge >= 0.3 is 0 Å². The quantitative estimate of drug-likeness (QED) is 0.180. The number of para-hydroxylation sites is 2. The molecule has 8 aromatic carbocycles. The average molecular weight is 691 g/mol. The minimum atomic E-state index is 0.618. The second-order valence-corrected chi connectivity index (χ2v) is 13.6. The van der Waals surface area contributed by atoms with Crippen LogP contribution in [-0.4, -0.2) is 19.5 Å². The van der Waals surface area contributed by atoms with Crippen molar-refractivity contribution in [2.75, 3.05) is 0 Å². The molecule has 5 nitrogen and oxygen atoms in total. The molecule has 54 heavy (non-hydrogen) atoms. The van der Waals surface area contributed by atoms with E-state index in [2.05, 4.69) is 144 Å². The molecule has 5 heteroatoms. The average Bonchev–Trinajstić information content (AvgIpc) is 3.78. The molecule has 0 saturated carbocycles. The summed E-state index contributed by atoms with van der Waals surface area (Å²) in [5.74, 6) is 1.88. The van der Waals surface area contributed by atoms with E-state index in [4.69, 9.17) is 19.4 Å². The van der Waals surface area contributed by atoms with E-state index in [9.17, 15) is 0 Å². The highest BCUT2D eigenvalue weighted by molar-refractivity contribution is 6.16. The molecule has 0 unspecified atom stereocenters. The maximum Gasteiger partial charge on any atom is 0.164 e. The first kappa shape index (κ1) is 30.3. The zero-order valence-electron chi connectivity index (χ0n) is 29.0. The molecular weight excluding hydrogens is 661 g/mol. The third-order valence-electron chi connectivity index (χ3n) is 10.4. The second-order valence-electron chi connectivity index (χ2n) is 13.6. The van der Waals surface area contributed by atoms with Gasteiger partial charge in [-0.25, -0.2) is 15.0 Å². The number of nitrogens with zero attached hydrogens (tertiary/aromatic N) is 4. The van der Waals surface area contributed by atoms with Gasteiger partial charge in [-0.05, 0) is 64.4 Å². The zero-order chi connectivity index (χ0) is 35.6. The number of fused-ring (bicyclic) bond motifs is 7. The SMILES string of the molecule is c1ccc(-c2nc(-c3ccc(-c4cccc5oc6cc7ccccc7cc6c45)cc3)nc(-c3cccc4c3c3ccccc3n4-c3ccccc3)n2)cc1. The Morgan fingerprint density at radius 1 is 0.370 bits per heavy atom. The van der Waals surface area contributed by atoms with Gasteiger partial charge in [0.15, 0.2) is 17.5 Å². The minimum Gasteiger partial charge on any atom is -0.456 e. The van der Waals surface area contributed by atoms with Crippen LogP contribution in [0.2, 0.25) is 0 Å². The molecule has 0 aliphatic rings. The Balaban J connectivity index is 1.08. The predicted octanol–water partition coefficient (Wildman–Crippen LogP) is 12.7. The van der Waals surface area contributed by atoms with Gasteiger partial charge in [-0.1, -0.05) is 140 Å². The monoisotopic (exact) mass is 690 g/mol. The largest absolute Gasteiger partial charge is 0.456 e. The lowest BCUT2D eigenvalue weighted by molar-refractivity contribution is 0.669. The summed E-state index contributed by atoms with van der Waals surface area (Å²) in [4.78, 5) is 15.4. The van der Waals surface area contributed by atoms with Crippen LogP contribution in [0.1, 0.15) is 0 Å². The van der Waals surface area contributed by atoms with Gasteiger partial charge in [0, 0.05) is 43.9 Å². The molecule has 0 radical (unpaired) electrons. The molecule has 0 aliphatic carbocycles. The van der Waals surface area contributed by atoms with Crippen molar-refractivity contribution >= 4 is 54.5 Å². The first-order valence-electron chi connectivity index (χ1n) is 18.1. The number of hydrogen-bond acceptors (Lipinski definition) is 4. The normalized spacial score (nSPS) is 11.7. The second kappa shape index (κ2) is 12.1. The lowest BCUT2D eigenvalue weighted by atomic mass is 9.97. The van der Waals surface area contributed by atoms with Crippen LogP contribution in [0.5, 0.6) is 0 Å². The first-order chi connectivity index (χ1) is 26.8. The van der Waals surface area contributed by atoms with Gasteiger partial charge in [0.2, 0.25) is 0 Å². The van der Waals surface area contributed by atoms with E-state index in [0.717, 1.165) is 77.2 Å². The Hall–Kier alpha value is -7.37. The van der Waals surface area contributed by atoms with Gasteiger partial charge in [-0.3, -0.25) is 0 Å². The van der Waals surface area contributed by atoms with Crippen LogP contribution in [-0.2, 0) is 0 Å². The number of aromatic nitrogens is 4. The van der Waals surface area contributed by atoms with Crippen molar-refractivity contribution in [1.29, 1.82) is 0 Å². The summed E-state index contributed by atoms with van der Waals surface area (Å²) in [6.45, 7) is 0. The van der Waals surface area contributed by atoms with Crippen molar-refractivity contribution in [1.82, 2.24) is 19.5 Å². The van der Waals surface area contributed by atoms with Crippen molar-refractivity contribution in [3.63, 3.8) is 0 Å². The first-order valence-corrected chi connectivity index (χ1v) is 18.1. The van der Waals surface area contributed by atoms with Crippen molar-refractivity contribution in [3.05, 3.63) is 182 Å². The molecule has 11 aromatic rings. The number of benzene rings is 8. The van der Waals surface area contributed by atoms with Crippen LogP contribution < -0.4 is 0 Å². The summed E-state index contributed by atoms with van der Waals surface area (Å²) in [5.41, 5.74) is 10.1. The molecule has 3 aromatic heterocycles. The highest BCUT2D eigenvalue weighted by atomic mass is 16.3. The summed E-state index contributed by atoms with van der Waals surface area (Å²) in [7, 11) is 0. The van der Waals surface area contributed by atoms with Crippen molar-refractivity contribution in [3.8, 4) is 51.0 Å². The van der Waals surface area contributed by atoms with Gasteiger partial charge < -0.3 is 8.98 Å². The van der Waals surface area contributed by atoms with Gasteiger partial charge in [0.05, 0.1) is 11.0 Å². The zero-order valence-corrected chi connectivity index (χ0v) is 29.0. The molecular formula is C49H30N4O. The molecule has 0 N–H and O–H groups in total. The molecule has 0 saturated heterocycles. The Bertz CT molecular complexity index is 3200. The van der Waals surface area contributed by atoms with Crippen molar-refractivity contribution < 1.29 is 4.42 Å². The molecule has 0 amide bonds. The van der Waals surface area contributed by atoms with Crippen LogP contribution in [0.4, 0.5) is 0 Å². The smallest absolute Gasteiger partial charge is 0.164 e. The lowest BCUT2D eigenvalue weighted by Gasteiger charge is -2.11. The standard InChI is InChI=1S/C49H30N4O/c1-3-13-32(14-4-1)47-50-48(52-49(51-47)39-21-11-23-42-45(39)38-19-9-10-22-41(38)53(42)36-17-5-2-6-18-36)33-27-25-31(26-28-33)37-20-12-24-43-46(37)40-29-34-15-7-8-16-35(34)30-44(40)54-43/h1-30H. The number of rotatable bonds is 5. The van der Waals surface area contributed by atoms with Crippen LogP contribution in [0.25, 0.3) is 105 Å². The maximum absolute atomic E-state index is 6.38. The molecule has 0 fully saturated rings.